The molecule has 1 fully saturated rings. The van der Waals surface area contributed by atoms with Crippen LogP contribution < -0.4 is 0 Å². The Labute approximate surface area is 74.7 Å². The first-order valence-corrected chi connectivity index (χ1v) is 5.14. The molecule has 1 heterocycles. The monoisotopic (exact) mass is 175 g/mol. The van der Waals surface area contributed by atoms with E-state index in [0.717, 1.165) is 24.5 Å². The van der Waals surface area contributed by atoms with E-state index in [1.807, 2.05) is 0 Å². The molecule has 1 rings (SSSR count). The van der Waals surface area contributed by atoms with E-state index in [2.05, 4.69) is 18.7 Å². The average Bonchev–Trinajstić information content (AvgIpc) is 2.34. The molecule has 0 aromatic rings. The Bertz CT molecular complexity index is 116. The Morgan fingerprint density at radius 3 is 2.73 bits per heavy atom. The van der Waals surface area contributed by atoms with Crippen LogP contribution in [0.4, 0.5) is 0 Å². The molecule has 0 radical (unpaired) electrons. The van der Waals surface area contributed by atoms with Gasteiger partial charge in [0.15, 0.2) is 0 Å². The lowest BCUT2D eigenvalue weighted by Crippen LogP contribution is -2.35. The van der Waals surface area contributed by atoms with Crippen molar-refractivity contribution < 1.29 is 0 Å². The summed E-state index contributed by atoms with van der Waals surface area (Å²) in [5, 5.41) is 0. The third-order valence-corrected chi connectivity index (χ3v) is 2.94. The van der Waals surface area contributed by atoms with Crippen molar-refractivity contribution in [3.05, 3.63) is 0 Å². The molecule has 2 heteroatoms. The van der Waals surface area contributed by atoms with Gasteiger partial charge < -0.3 is 0 Å². The molecular formula is C9H18ClN. The van der Waals surface area contributed by atoms with Gasteiger partial charge in [0.1, 0.15) is 0 Å². The van der Waals surface area contributed by atoms with Crippen LogP contribution in [0.15, 0.2) is 0 Å². The number of halogens is 1. The van der Waals surface area contributed by atoms with Gasteiger partial charge in [-0.3, -0.25) is 4.90 Å². The van der Waals surface area contributed by atoms with E-state index in [1.54, 1.807) is 0 Å². The van der Waals surface area contributed by atoms with E-state index < -0.39 is 0 Å². The van der Waals surface area contributed by atoms with Crippen molar-refractivity contribution in [1.29, 1.82) is 0 Å². The Balaban J connectivity index is 2.42. The average molecular weight is 176 g/mol. The van der Waals surface area contributed by atoms with E-state index in [1.165, 1.54) is 19.3 Å². The third-order valence-electron chi connectivity index (χ3n) is 2.77. The lowest BCUT2D eigenvalue weighted by molar-refractivity contribution is 0.211. The van der Waals surface area contributed by atoms with Crippen molar-refractivity contribution in [1.82, 2.24) is 4.90 Å². The van der Waals surface area contributed by atoms with E-state index in [0.29, 0.717) is 0 Å². The molecule has 0 bridgehead atoms. The van der Waals surface area contributed by atoms with Crippen molar-refractivity contribution in [2.24, 2.45) is 0 Å². The molecule has 1 nitrogen and oxygen atoms in total. The van der Waals surface area contributed by atoms with Gasteiger partial charge in [0.25, 0.3) is 0 Å². The van der Waals surface area contributed by atoms with Crippen molar-refractivity contribution in [3.63, 3.8) is 0 Å². The second-order valence-corrected chi connectivity index (χ2v) is 3.79. The number of hydrogen-bond donors (Lipinski definition) is 0. The van der Waals surface area contributed by atoms with Gasteiger partial charge in [0.2, 0.25) is 0 Å². The molecule has 0 spiro atoms. The van der Waals surface area contributed by atoms with Crippen molar-refractivity contribution in [2.45, 2.75) is 45.2 Å². The molecule has 0 amide bonds. The Kier molecular flexibility index (Phi) is 3.67. The smallest absolute Gasteiger partial charge is 0.0351 e. The highest BCUT2D eigenvalue weighted by Gasteiger charge is 2.27. The molecule has 1 aliphatic rings. The van der Waals surface area contributed by atoms with Gasteiger partial charge in [-0.15, -0.1) is 11.6 Å². The lowest BCUT2D eigenvalue weighted by atomic mass is 10.2. The van der Waals surface area contributed by atoms with Gasteiger partial charge in [-0.25, -0.2) is 0 Å². The predicted molar refractivity (Wildman–Crippen MR) is 50.2 cm³/mol. The fraction of sp³-hybridized carbons (Fsp3) is 1.00. The van der Waals surface area contributed by atoms with Crippen LogP contribution in [0, 0.1) is 0 Å². The minimum atomic E-state index is 0.763. The van der Waals surface area contributed by atoms with Crippen LogP contribution >= 0.6 is 11.6 Å². The zero-order valence-corrected chi connectivity index (χ0v) is 8.27. The second-order valence-electron chi connectivity index (χ2n) is 3.42. The van der Waals surface area contributed by atoms with Crippen LogP contribution in [0.2, 0.25) is 0 Å². The zero-order valence-electron chi connectivity index (χ0n) is 7.52. The summed E-state index contributed by atoms with van der Waals surface area (Å²) in [4.78, 5) is 2.55. The highest BCUT2D eigenvalue weighted by atomic mass is 35.5. The van der Waals surface area contributed by atoms with Crippen LogP contribution in [0.5, 0.6) is 0 Å². The summed E-state index contributed by atoms with van der Waals surface area (Å²) < 4.78 is 0. The van der Waals surface area contributed by atoms with Crippen molar-refractivity contribution in [3.8, 4) is 0 Å². The first-order valence-electron chi connectivity index (χ1n) is 4.61. The largest absolute Gasteiger partial charge is 0.297 e. The number of alkyl halides is 1. The minimum absolute atomic E-state index is 0.763. The standard InChI is InChI=1S/C9H18ClN/c1-3-9-5-4-8(2)11(9)7-6-10/h8-9H,3-7H2,1-2H3. The zero-order chi connectivity index (χ0) is 8.27. The summed E-state index contributed by atoms with van der Waals surface area (Å²) in [5.41, 5.74) is 0. The second kappa shape index (κ2) is 4.32. The van der Waals surface area contributed by atoms with Crippen LogP contribution in [0.25, 0.3) is 0 Å². The molecule has 0 saturated carbocycles. The number of nitrogens with zero attached hydrogens (tertiary/aromatic N) is 1. The normalized spacial score (nSPS) is 33.0. The predicted octanol–water partition coefficient (Wildman–Crippen LogP) is 2.49. The van der Waals surface area contributed by atoms with Crippen molar-refractivity contribution >= 4 is 11.6 Å². The summed E-state index contributed by atoms with van der Waals surface area (Å²) in [6.45, 7) is 5.65. The molecule has 0 N–H and O–H groups in total. The molecular weight excluding hydrogens is 158 g/mol. The highest BCUT2D eigenvalue weighted by molar-refractivity contribution is 6.18. The summed E-state index contributed by atoms with van der Waals surface area (Å²) in [7, 11) is 0. The highest BCUT2D eigenvalue weighted by Crippen LogP contribution is 2.25. The molecule has 0 aromatic heterocycles. The Morgan fingerprint density at radius 2 is 2.18 bits per heavy atom. The van der Waals surface area contributed by atoms with E-state index in [4.69, 9.17) is 11.6 Å². The minimum Gasteiger partial charge on any atom is -0.297 e. The van der Waals surface area contributed by atoms with Crippen LogP contribution in [-0.2, 0) is 0 Å². The number of rotatable bonds is 3. The van der Waals surface area contributed by atoms with Gasteiger partial charge in [-0.2, -0.15) is 0 Å². The van der Waals surface area contributed by atoms with Gasteiger partial charge in [-0.1, -0.05) is 6.92 Å². The summed E-state index contributed by atoms with van der Waals surface area (Å²) in [6.07, 6.45) is 4.01. The summed E-state index contributed by atoms with van der Waals surface area (Å²) >= 11 is 5.73. The maximum absolute atomic E-state index is 5.73. The van der Waals surface area contributed by atoms with Crippen LogP contribution in [-0.4, -0.2) is 29.4 Å². The third kappa shape index (κ3) is 2.09. The first-order chi connectivity index (χ1) is 5.29. The van der Waals surface area contributed by atoms with Crippen LogP contribution in [0.3, 0.4) is 0 Å². The molecule has 2 unspecified atom stereocenters. The van der Waals surface area contributed by atoms with E-state index in [9.17, 15) is 0 Å². The molecule has 0 aliphatic carbocycles. The van der Waals surface area contributed by atoms with Gasteiger partial charge in [-0.05, 0) is 26.2 Å². The molecule has 11 heavy (non-hydrogen) atoms. The fourth-order valence-electron chi connectivity index (χ4n) is 2.06. The molecule has 66 valence electrons. The summed E-state index contributed by atoms with van der Waals surface area (Å²) in [6, 6.07) is 1.57. The maximum Gasteiger partial charge on any atom is 0.0351 e. The fourth-order valence-corrected chi connectivity index (χ4v) is 2.26. The first kappa shape index (κ1) is 9.34. The van der Waals surface area contributed by atoms with Gasteiger partial charge in [0.05, 0.1) is 0 Å². The van der Waals surface area contributed by atoms with E-state index in [-0.39, 0.29) is 0 Å². The van der Waals surface area contributed by atoms with E-state index >= 15 is 0 Å². The SMILES string of the molecule is CCC1CCC(C)N1CCCl. The Morgan fingerprint density at radius 1 is 1.45 bits per heavy atom. The van der Waals surface area contributed by atoms with Gasteiger partial charge in [0, 0.05) is 24.5 Å². The topological polar surface area (TPSA) is 3.24 Å². The Hall–Kier alpha value is 0.250. The molecule has 0 aromatic carbocycles. The quantitative estimate of drug-likeness (QED) is 0.596. The number of likely N-dealkylation sites (tertiary alicyclic amines) is 1. The summed E-state index contributed by atoms with van der Waals surface area (Å²) in [5.74, 6) is 0.779. The van der Waals surface area contributed by atoms with Gasteiger partial charge >= 0.3 is 0 Å². The lowest BCUT2D eigenvalue weighted by Gasteiger charge is -2.26. The van der Waals surface area contributed by atoms with Crippen LogP contribution in [0.1, 0.15) is 33.1 Å². The molecule has 1 aliphatic heterocycles. The van der Waals surface area contributed by atoms with Crippen molar-refractivity contribution in [2.75, 3.05) is 12.4 Å². The molecule has 2 atom stereocenters. The number of hydrogen-bond acceptors (Lipinski definition) is 1. The molecule has 1 saturated heterocycles. The maximum atomic E-state index is 5.73.